The first-order valence-electron chi connectivity index (χ1n) is 15.2. The number of hydrogen-bond donors (Lipinski definition) is 0. The Morgan fingerprint density at radius 1 is 1.00 bits per heavy atom. The predicted molar refractivity (Wildman–Crippen MR) is 165 cm³/mol. The van der Waals surface area contributed by atoms with Crippen LogP contribution in [0.4, 0.5) is 8.78 Å². The van der Waals surface area contributed by atoms with Gasteiger partial charge in [-0.25, -0.2) is 8.78 Å². The maximum atomic E-state index is 14.9. The second-order valence-electron chi connectivity index (χ2n) is 13.5. The molecule has 5 nitrogen and oxygen atoms in total. The molecule has 230 valence electrons. The van der Waals surface area contributed by atoms with E-state index in [4.69, 9.17) is 11.6 Å². The van der Waals surface area contributed by atoms with Crippen molar-refractivity contribution < 1.29 is 18.4 Å². The normalized spacial score (nSPS) is 21.2. The predicted octanol–water partition coefficient (Wildman–Crippen LogP) is 7.46. The van der Waals surface area contributed by atoms with Crippen molar-refractivity contribution >= 4 is 23.4 Å². The molecule has 4 rings (SSSR count). The Balaban J connectivity index is 1.56. The molecule has 3 atom stereocenters. The molecule has 2 aliphatic rings. The fourth-order valence-electron chi connectivity index (χ4n) is 7.03. The maximum Gasteiger partial charge on any atom is 0.227 e. The van der Waals surface area contributed by atoms with Crippen molar-refractivity contribution in [2.24, 2.45) is 5.92 Å². The van der Waals surface area contributed by atoms with Crippen LogP contribution in [-0.2, 0) is 9.59 Å². The summed E-state index contributed by atoms with van der Waals surface area (Å²) in [5.74, 6) is -1.65. The average Bonchev–Trinajstić information content (AvgIpc) is 3.35. The fraction of sp³-hybridized carbons (Fsp3) is 0.588. The van der Waals surface area contributed by atoms with Crippen LogP contribution < -0.4 is 0 Å². The molecule has 0 saturated carbocycles. The first-order valence-corrected chi connectivity index (χ1v) is 15.6. The lowest BCUT2D eigenvalue weighted by Crippen LogP contribution is -2.44. The zero-order chi connectivity index (χ0) is 31.1. The van der Waals surface area contributed by atoms with Gasteiger partial charge in [-0.2, -0.15) is 0 Å². The third-order valence-corrected chi connectivity index (χ3v) is 9.75. The molecule has 0 aromatic heterocycles. The van der Waals surface area contributed by atoms with E-state index < -0.39 is 17.6 Å². The largest absolute Gasteiger partial charge is 0.342 e. The van der Waals surface area contributed by atoms with E-state index in [1.54, 1.807) is 6.92 Å². The van der Waals surface area contributed by atoms with Gasteiger partial charge in [0.15, 0.2) is 0 Å². The molecule has 8 heteroatoms. The van der Waals surface area contributed by atoms with Crippen molar-refractivity contribution in [2.45, 2.75) is 97.7 Å². The summed E-state index contributed by atoms with van der Waals surface area (Å²) in [6.07, 6.45) is 1.58. The summed E-state index contributed by atoms with van der Waals surface area (Å²) in [5.41, 5.74) is 3.47. The Bertz CT molecular complexity index is 1320. The smallest absolute Gasteiger partial charge is 0.227 e. The van der Waals surface area contributed by atoms with Crippen LogP contribution in [0.1, 0.15) is 101 Å². The van der Waals surface area contributed by atoms with E-state index >= 15 is 0 Å². The number of aryl methyl sites for hydroxylation is 1. The molecule has 2 aromatic rings. The van der Waals surface area contributed by atoms with Gasteiger partial charge >= 0.3 is 0 Å². The second-order valence-corrected chi connectivity index (χ2v) is 13.9. The lowest BCUT2D eigenvalue weighted by Gasteiger charge is -2.38. The van der Waals surface area contributed by atoms with Gasteiger partial charge in [0, 0.05) is 61.7 Å². The monoisotopic (exact) mass is 601 g/mol. The summed E-state index contributed by atoms with van der Waals surface area (Å²) in [6, 6.07) is 7.77. The maximum absolute atomic E-state index is 14.9. The van der Waals surface area contributed by atoms with Crippen LogP contribution in [0.15, 0.2) is 30.3 Å². The number of benzene rings is 2. The number of piperidine rings is 1. The Morgan fingerprint density at radius 2 is 1.64 bits per heavy atom. The molecular formula is C34H46ClF2N3O2. The van der Waals surface area contributed by atoms with Gasteiger partial charge in [-0.05, 0) is 102 Å². The molecule has 2 aliphatic heterocycles. The molecule has 0 spiro atoms. The molecule has 42 heavy (non-hydrogen) atoms. The van der Waals surface area contributed by atoms with Crippen LogP contribution in [-0.4, -0.2) is 64.3 Å². The third kappa shape index (κ3) is 6.67. The van der Waals surface area contributed by atoms with Gasteiger partial charge < -0.3 is 9.80 Å². The molecule has 0 aliphatic carbocycles. The third-order valence-electron chi connectivity index (χ3n) is 9.35. The molecule has 0 radical (unpaired) electrons. The number of hydrogen-bond acceptors (Lipinski definition) is 3. The van der Waals surface area contributed by atoms with Gasteiger partial charge in [-0.15, -0.1) is 0 Å². The number of rotatable bonds is 6. The van der Waals surface area contributed by atoms with Crippen LogP contribution in [0.5, 0.6) is 0 Å². The highest BCUT2D eigenvalue weighted by atomic mass is 35.5. The molecule has 2 heterocycles. The molecule has 2 fully saturated rings. The molecule has 2 saturated heterocycles. The highest BCUT2D eigenvalue weighted by Gasteiger charge is 2.45. The summed E-state index contributed by atoms with van der Waals surface area (Å²) in [6.45, 7) is 18.3. The van der Waals surface area contributed by atoms with Crippen molar-refractivity contribution in [2.75, 3.05) is 26.2 Å². The van der Waals surface area contributed by atoms with Crippen LogP contribution in [0.2, 0.25) is 5.02 Å². The minimum Gasteiger partial charge on any atom is -0.342 e. The van der Waals surface area contributed by atoms with Crippen LogP contribution in [0.3, 0.4) is 0 Å². The second kappa shape index (κ2) is 12.6. The highest BCUT2D eigenvalue weighted by molar-refractivity contribution is 6.31. The van der Waals surface area contributed by atoms with Gasteiger partial charge in [0.2, 0.25) is 11.8 Å². The minimum atomic E-state index is -0.613. The summed E-state index contributed by atoms with van der Waals surface area (Å²) in [7, 11) is 0. The Hall–Kier alpha value is -2.51. The van der Waals surface area contributed by atoms with Crippen molar-refractivity contribution in [1.29, 1.82) is 0 Å². The molecule has 0 bridgehead atoms. The fourth-order valence-corrected chi connectivity index (χ4v) is 7.20. The van der Waals surface area contributed by atoms with Crippen LogP contribution in [0.25, 0.3) is 0 Å². The quantitative estimate of drug-likeness (QED) is 0.345. The first kappa shape index (κ1) is 32.4. The van der Waals surface area contributed by atoms with Crippen molar-refractivity contribution in [3.8, 4) is 0 Å². The van der Waals surface area contributed by atoms with Crippen molar-refractivity contribution in [3.63, 3.8) is 0 Å². The van der Waals surface area contributed by atoms with Gasteiger partial charge in [0.25, 0.3) is 0 Å². The Labute approximate surface area is 255 Å². The van der Waals surface area contributed by atoms with Crippen molar-refractivity contribution in [1.82, 2.24) is 14.7 Å². The zero-order valence-electron chi connectivity index (χ0n) is 26.3. The minimum absolute atomic E-state index is 0.0218. The molecular weight excluding hydrogens is 556 g/mol. The topological polar surface area (TPSA) is 43.9 Å². The molecule has 3 unspecified atom stereocenters. The average molecular weight is 602 g/mol. The first-order chi connectivity index (χ1) is 19.6. The summed E-state index contributed by atoms with van der Waals surface area (Å²) >= 11 is 6.59. The number of nitrogens with zero attached hydrogens (tertiary/aromatic N) is 3. The molecule has 0 N–H and O–H groups in total. The number of amides is 2. The van der Waals surface area contributed by atoms with E-state index in [2.05, 4.69) is 38.7 Å². The van der Waals surface area contributed by atoms with E-state index in [0.717, 1.165) is 30.0 Å². The number of carbonyl (C=O) groups excluding carboxylic acids is 2. The van der Waals surface area contributed by atoms with E-state index in [0.29, 0.717) is 36.8 Å². The van der Waals surface area contributed by atoms with E-state index in [-0.39, 0.29) is 41.3 Å². The highest BCUT2D eigenvalue weighted by Crippen LogP contribution is 2.41. The number of carbonyl (C=O) groups is 2. The van der Waals surface area contributed by atoms with Gasteiger partial charge in [0.1, 0.15) is 11.6 Å². The van der Waals surface area contributed by atoms with E-state index in [1.165, 1.54) is 17.7 Å². The standard InChI is InChI=1S/C34H46ClF2N3O2/c1-20(2)40(23(5)41)22(4)27-17-31(35)21(3)15-28(27)24-11-13-38(14-12-24)33(42)30-19-39(34(6,7)8)18-29(30)26-10-9-25(36)16-32(26)37/h9-10,15-17,20,22,24,29-30H,11-14,18-19H2,1-8H3. The Kier molecular flexibility index (Phi) is 9.73. The van der Waals surface area contributed by atoms with Gasteiger partial charge in [-0.1, -0.05) is 23.7 Å². The van der Waals surface area contributed by atoms with Gasteiger partial charge in [-0.3, -0.25) is 14.5 Å². The molecule has 2 amide bonds. The SMILES string of the molecule is CC(=O)N(C(C)C)C(C)c1cc(Cl)c(C)cc1C1CCN(C(=O)C2CN(C(C)(C)C)CC2c2ccc(F)cc2F)CC1. The summed E-state index contributed by atoms with van der Waals surface area (Å²) in [4.78, 5) is 32.6. The lowest BCUT2D eigenvalue weighted by atomic mass is 9.82. The van der Waals surface area contributed by atoms with Gasteiger partial charge in [0.05, 0.1) is 12.0 Å². The van der Waals surface area contributed by atoms with Crippen molar-refractivity contribution in [3.05, 3.63) is 69.2 Å². The Morgan fingerprint density at radius 3 is 2.19 bits per heavy atom. The summed E-state index contributed by atoms with van der Waals surface area (Å²) < 4.78 is 28.7. The van der Waals surface area contributed by atoms with E-state index in [9.17, 15) is 18.4 Å². The lowest BCUT2D eigenvalue weighted by molar-refractivity contribution is -0.137. The number of halogens is 3. The summed E-state index contributed by atoms with van der Waals surface area (Å²) in [5, 5.41) is 0.684. The van der Waals surface area contributed by atoms with E-state index in [1.807, 2.05) is 36.6 Å². The van der Waals surface area contributed by atoms with Crippen LogP contribution >= 0.6 is 11.6 Å². The van der Waals surface area contributed by atoms with Crippen LogP contribution in [0, 0.1) is 24.5 Å². The molecule has 2 aromatic carbocycles. The zero-order valence-corrected chi connectivity index (χ0v) is 27.1. The number of likely N-dealkylation sites (tertiary alicyclic amines) is 2.